The van der Waals surface area contributed by atoms with Crippen LogP contribution >= 0.6 is 0 Å². The molecule has 0 radical (unpaired) electrons. The highest BCUT2D eigenvalue weighted by molar-refractivity contribution is 5.67. The Balaban J connectivity index is 2.22. The van der Waals surface area contributed by atoms with Gasteiger partial charge in [0, 0.05) is 18.5 Å². The molecule has 1 aromatic heterocycles. The number of nitrogens with zero attached hydrogens (tertiary/aromatic N) is 3. The van der Waals surface area contributed by atoms with Crippen molar-refractivity contribution in [3.05, 3.63) is 40.3 Å². The lowest BCUT2D eigenvalue weighted by atomic mass is 10.1. The van der Waals surface area contributed by atoms with Gasteiger partial charge < -0.3 is 9.84 Å². The molecule has 7 heteroatoms. The molecular formula is C14H18N4O3. The van der Waals surface area contributed by atoms with Crippen LogP contribution in [-0.4, -0.2) is 27.7 Å². The summed E-state index contributed by atoms with van der Waals surface area (Å²) in [7, 11) is 0. The molecule has 1 unspecified atom stereocenters. The molecule has 1 aromatic carbocycles. The maximum absolute atomic E-state index is 11.0. The Morgan fingerprint density at radius 3 is 2.81 bits per heavy atom. The fraction of sp³-hybridized carbons (Fsp3) is 0.429. The van der Waals surface area contributed by atoms with Crippen LogP contribution in [0, 0.1) is 10.1 Å². The molecule has 2 rings (SSSR count). The Kier molecular flexibility index (Phi) is 4.99. The number of benzene rings is 1. The van der Waals surface area contributed by atoms with E-state index < -0.39 is 4.92 Å². The first-order valence-electron chi connectivity index (χ1n) is 6.95. The van der Waals surface area contributed by atoms with E-state index in [-0.39, 0.29) is 17.6 Å². The molecule has 0 aliphatic heterocycles. The molecule has 2 aromatic rings. The third-order valence-corrected chi connectivity index (χ3v) is 3.22. The van der Waals surface area contributed by atoms with E-state index in [1.165, 1.54) is 6.07 Å². The van der Waals surface area contributed by atoms with E-state index in [2.05, 4.69) is 22.4 Å². The number of hydrogen-bond acceptors (Lipinski definition) is 6. The lowest BCUT2D eigenvalue weighted by Crippen LogP contribution is -2.30. The fourth-order valence-corrected chi connectivity index (χ4v) is 2.13. The molecule has 0 saturated heterocycles. The van der Waals surface area contributed by atoms with Crippen molar-refractivity contribution in [2.45, 2.75) is 32.7 Å². The first-order valence-corrected chi connectivity index (χ1v) is 6.95. The minimum Gasteiger partial charge on any atom is -0.339 e. The predicted octanol–water partition coefficient (Wildman–Crippen LogP) is 2.58. The molecule has 0 amide bonds. The zero-order chi connectivity index (χ0) is 15.2. The van der Waals surface area contributed by atoms with Gasteiger partial charge in [0.05, 0.1) is 4.92 Å². The smallest absolute Gasteiger partial charge is 0.280 e. The summed E-state index contributed by atoms with van der Waals surface area (Å²) in [6.07, 6.45) is 1.55. The van der Waals surface area contributed by atoms with E-state index in [0.29, 0.717) is 17.9 Å². The lowest BCUT2D eigenvalue weighted by Gasteiger charge is -2.12. The maximum atomic E-state index is 11.0. The molecule has 0 aliphatic rings. The highest BCUT2D eigenvalue weighted by Gasteiger charge is 2.20. The van der Waals surface area contributed by atoms with Crippen LogP contribution < -0.4 is 5.32 Å². The Labute approximate surface area is 122 Å². The standard InChI is InChI=1S/C14H18N4O3/c1-3-10(15-4-2)9-13-16-14(17-21-13)11-7-5-6-8-12(11)18(19)20/h5-8,10,15H,3-4,9H2,1-2H3. The zero-order valence-electron chi connectivity index (χ0n) is 12.1. The number of likely N-dealkylation sites (N-methyl/N-ethyl adjacent to an activating group) is 1. The Bertz CT molecular complexity index is 612. The summed E-state index contributed by atoms with van der Waals surface area (Å²) in [4.78, 5) is 14.8. The zero-order valence-corrected chi connectivity index (χ0v) is 12.1. The van der Waals surface area contributed by atoms with Gasteiger partial charge in [-0.05, 0) is 19.0 Å². The number of rotatable bonds is 7. The van der Waals surface area contributed by atoms with Crippen molar-refractivity contribution in [1.29, 1.82) is 0 Å². The number of nitro groups is 1. The van der Waals surface area contributed by atoms with Crippen LogP contribution in [-0.2, 0) is 6.42 Å². The summed E-state index contributed by atoms with van der Waals surface area (Å²) in [5, 5.41) is 18.2. The molecule has 0 spiro atoms. The van der Waals surface area contributed by atoms with Crippen LogP contribution in [0.25, 0.3) is 11.4 Å². The topological polar surface area (TPSA) is 94.1 Å². The van der Waals surface area contributed by atoms with Crippen molar-refractivity contribution < 1.29 is 9.45 Å². The number of nitrogens with one attached hydrogen (secondary N) is 1. The van der Waals surface area contributed by atoms with Crippen molar-refractivity contribution >= 4 is 5.69 Å². The van der Waals surface area contributed by atoms with Crippen molar-refractivity contribution in [2.75, 3.05) is 6.54 Å². The molecular weight excluding hydrogens is 272 g/mol. The predicted molar refractivity (Wildman–Crippen MR) is 77.8 cm³/mol. The molecule has 1 N–H and O–H groups in total. The molecule has 1 atom stereocenters. The third kappa shape index (κ3) is 3.63. The van der Waals surface area contributed by atoms with Crippen molar-refractivity contribution in [1.82, 2.24) is 15.5 Å². The highest BCUT2D eigenvalue weighted by Crippen LogP contribution is 2.27. The minimum absolute atomic E-state index is 0.0245. The number of hydrogen-bond donors (Lipinski definition) is 1. The van der Waals surface area contributed by atoms with Crippen LogP contribution in [0.1, 0.15) is 26.2 Å². The van der Waals surface area contributed by atoms with E-state index in [1.54, 1.807) is 18.2 Å². The normalized spacial score (nSPS) is 12.3. The number of aromatic nitrogens is 2. The maximum Gasteiger partial charge on any atom is 0.280 e. The van der Waals surface area contributed by atoms with Crippen LogP contribution in [0.2, 0.25) is 0 Å². The van der Waals surface area contributed by atoms with Gasteiger partial charge in [-0.3, -0.25) is 10.1 Å². The van der Waals surface area contributed by atoms with Gasteiger partial charge in [-0.25, -0.2) is 0 Å². The minimum atomic E-state index is -0.446. The average molecular weight is 290 g/mol. The van der Waals surface area contributed by atoms with Gasteiger partial charge in [-0.2, -0.15) is 4.98 Å². The van der Waals surface area contributed by atoms with Crippen molar-refractivity contribution in [3.63, 3.8) is 0 Å². The molecule has 0 saturated carbocycles. The second kappa shape index (κ2) is 6.94. The van der Waals surface area contributed by atoms with E-state index in [1.807, 2.05) is 6.92 Å². The summed E-state index contributed by atoms with van der Waals surface area (Å²) in [5.74, 6) is 0.736. The van der Waals surface area contributed by atoms with Crippen molar-refractivity contribution in [3.8, 4) is 11.4 Å². The Morgan fingerprint density at radius 2 is 2.14 bits per heavy atom. The van der Waals surface area contributed by atoms with Gasteiger partial charge in [-0.15, -0.1) is 0 Å². The van der Waals surface area contributed by atoms with Crippen LogP contribution in [0.15, 0.2) is 28.8 Å². The molecule has 0 fully saturated rings. The SMILES string of the molecule is CCNC(CC)Cc1nc(-c2ccccc2[N+](=O)[O-])no1. The van der Waals surface area contributed by atoms with Gasteiger partial charge in [0.15, 0.2) is 0 Å². The van der Waals surface area contributed by atoms with Crippen molar-refractivity contribution in [2.24, 2.45) is 0 Å². The molecule has 112 valence electrons. The summed E-state index contributed by atoms with van der Waals surface area (Å²) in [6.45, 7) is 4.98. The van der Waals surface area contributed by atoms with E-state index in [0.717, 1.165) is 13.0 Å². The first-order chi connectivity index (χ1) is 10.2. The molecule has 0 aliphatic carbocycles. The summed E-state index contributed by atoms with van der Waals surface area (Å²) in [5.41, 5.74) is 0.345. The molecule has 21 heavy (non-hydrogen) atoms. The second-order valence-corrected chi connectivity index (χ2v) is 4.65. The highest BCUT2D eigenvalue weighted by atomic mass is 16.6. The first kappa shape index (κ1) is 15.1. The summed E-state index contributed by atoms with van der Waals surface area (Å²) >= 11 is 0. The third-order valence-electron chi connectivity index (χ3n) is 3.22. The van der Waals surface area contributed by atoms with Crippen LogP contribution in [0.3, 0.4) is 0 Å². The lowest BCUT2D eigenvalue weighted by molar-refractivity contribution is -0.384. The second-order valence-electron chi connectivity index (χ2n) is 4.65. The van der Waals surface area contributed by atoms with E-state index in [9.17, 15) is 10.1 Å². The fourth-order valence-electron chi connectivity index (χ4n) is 2.13. The molecule has 0 bridgehead atoms. The Morgan fingerprint density at radius 1 is 1.38 bits per heavy atom. The largest absolute Gasteiger partial charge is 0.339 e. The monoisotopic (exact) mass is 290 g/mol. The number of para-hydroxylation sites is 1. The quantitative estimate of drug-likeness (QED) is 0.622. The Hall–Kier alpha value is -2.28. The van der Waals surface area contributed by atoms with E-state index in [4.69, 9.17) is 4.52 Å². The molecule has 7 nitrogen and oxygen atoms in total. The summed E-state index contributed by atoms with van der Waals surface area (Å²) < 4.78 is 5.21. The van der Waals surface area contributed by atoms with Gasteiger partial charge >= 0.3 is 0 Å². The van der Waals surface area contributed by atoms with Gasteiger partial charge in [0.2, 0.25) is 11.7 Å². The average Bonchev–Trinajstić information content (AvgIpc) is 2.95. The van der Waals surface area contributed by atoms with Crippen LogP contribution in [0.5, 0.6) is 0 Å². The summed E-state index contributed by atoms with van der Waals surface area (Å²) in [6, 6.07) is 6.63. The van der Waals surface area contributed by atoms with Crippen LogP contribution in [0.4, 0.5) is 5.69 Å². The molecule has 1 heterocycles. The van der Waals surface area contributed by atoms with Gasteiger partial charge in [0.25, 0.3) is 5.69 Å². The van der Waals surface area contributed by atoms with Gasteiger partial charge in [-0.1, -0.05) is 31.1 Å². The number of nitro benzene ring substituents is 1. The van der Waals surface area contributed by atoms with E-state index >= 15 is 0 Å². The van der Waals surface area contributed by atoms with Gasteiger partial charge in [0.1, 0.15) is 5.56 Å².